The van der Waals surface area contributed by atoms with Crippen molar-refractivity contribution in [2.45, 2.75) is 29.6 Å². The Kier molecular flexibility index (Phi) is 5.14. The fourth-order valence-electron chi connectivity index (χ4n) is 2.23. The summed E-state index contributed by atoms with van der Waals surface area (Å²) in [7, 11) is 0. The van der Waals surface area contributed by atoms with Crippen molar-refractivity contribution >= 4 is 45.7 Å². The first-order valence-corrected chi connectivity index (χ1v) is 9.38. The lowest BCUT2D eigenvalue weighted by Crippen LogP contribution is -2.52. The lowest BCUT2D eigenvalue weighted by molar-refractivity contribution is -0.137. The molecule has 0 saturated carbocycles. The summed E-state index contributed by atoms with van der Waals surface area (Å²) < 4.78 is 38.2. The molecule has 1 N–H and O–H groups in total. The lowest BCUT2D eigenvalue weighted by atomic mass is 10.1. The van der Waals surface area contributed by atoms with Crippen molar-refractivity contribution in [3.8, 4) is 10.6 Å². The molecule has 0 bridgehead atoms. The first-order valence-electron chi connectivity index (χ1n) is 7.32. The van der Waals surface area contributed by atoms with Gasteiger partial charge in [-0.2, -0.15) is 13.2 Å². The number of alkyl halides is 4. The number of thiazole rings is 1. The molecule has 11 heteroatoms. The Bertz CT molecular complexity index is 784. The first-order chi connectivity index (χ1) is 11.8. The number of rotatable bonds is 4. The number of likely N-dealkylation sites (tertiary alicyclic amines) is 1. The molecule has 2 atom stereocenters. The standard InChI is InChI=1S/C14H13F3IN5OS/c1-7(12(24)23-3-2-10(23)18)22-11-4-8(20-6-21-11)9-5-19-13(25-9)14(15,16)17/h4-7,10H,2-3H2,1H3,(H,20,21,22)/t7-,10-/m1/s1. The van der Waals surface area contributed by atoms with Crippen LogP contribution in [0.15, 0.2) is 18.6 Å². The van der Waals surface area contributed by atoms with Gasteiger partial charge in [0.2, 0.25) is 5.91 Å². The van der Waals surface area contributed by atoms with E-state index in [2.05, 4.69) is 42.9 Å². The van der Waals surface area contributed by atoms with Gasteiger partial charge in [0.15, 0.2) is 5.01 Å². The minimum atomic E-state index is -4.48. The number of hydrogen-bond acceptors (Lipinski definition) is 6. The van der Waals surface area contributed by atoms with Crippen molar-refractivity contribution in [3.05, 3.63) is 23.6 Å². The highest BCUT2D eigenvalue weighted by atomic mass is 127. The number of carbonyl (C=O) groups is 1. The number of carbonyl (C=O) groups excluding carboxylic acids is 1. The summed E-state index contributed by atoms with van der Waals surface area (Å²) >= 11 is 2.73. The molecule has 1 amide bonds. The summed E-state index contributed by atoms with van der Waals surface area (Å²) in [4.78, 5) is 25.7. The number of amides is 1. The summed E-state index contributed by atoms with van der Waals surface area (Å²) in [6, 6.07) is 1.02. The van der Waals surface area contributed by atoms with Gasteiger partial charge in [0.25, 0.3) is 0 Å². The predicted molar refractivity (Wildman–Crippen MR) is 95.4 cm³/mol. The Hall–Kier alpha value is -1.50. The molecule has 25 heavy (non-hydrogen) atoms. The molecule has 1 saturated heterocycles. The fourth-order valence-corrected chi connectivity index (χ4v) is 3.81. The molecular weight excluding hydrogens is 470 g/mol. The number of hydrogen-bond donors (Lipinski definition) is 1. The average molecular weight is 483 g/mol. The normalized spacial score (nSPS) is 18.6. The average Bonchev–Trinajstić information content (AvgIpc) is 3.04. The van der Waals surface area contributed by atoms with Crippen LogP contribution in [0.5, 0.6) is 0 Å². The Balaban J connectivity index is 1.73. The van der Waals surface area contributed by atoms with Crippen molar-refractivity contribution in [1.29, 1.82) is 0 Å². The summed E-state index contributed by atoms with van der Waals surface area (Å²) in [6.07, 6.45) is -1.13. The predicted octanol–water partition coefficient (Wildman–Crippen LogP) is 3.41. The smallest absolute Gasteiger partial charge is 0.359 e. The zero-order chi connectivity index (χ0) is 18.2. The highest BCUT2D eigenvalue weighted by Gasteiger charge is 2.35. The second kappa shape index (κ2) is 7.02. The van der Waals surface area contributed by atoms with Crippen LogP contribution in [0.1, 0.15) is 18.4 Å². The maximum Gasteiger partial charge on any atom is 0.443 e. The third-order valence-corrected chi connectivity index (χ3v) is 5.99. The Labute approximate surface area is 159 Å². The monoisotopic (exact) mass is 483 g/mol. The number of aromatic nitrogens is 3. The van der Waals surface area contributed by atoms with Gasteiger partial charge in [-0.05, 0) is 13.3 Å². The maximum atomic E-state index is 12.7. The van der Waals surface area contributed by atoms with Gasteiger partial charge in [-0.25, -0.2) is 15.0 Å². The van der Waals surface area contributed by atoms with Gasteiger partial charge in [-0.1, -0.05) is 22.6 Å². The number of nitrogens with zero attached hydrogens (tertiary/aromatic N) is 4. The van der Waals surface area contributed by atoms with Crippen LogP contribution in [0.4, 0.5) is 19.0 Å². The highest BCUT2D eigenvalue weighted by molar-refractivity contribution is 14.1. The Morgan fingerprint density at radius 3 is 2.76 bits per heavy atom. The van der Waals surface area contributed by atoms with Crippen LogP contribution in [0, 0.1) is 0 Å². The van der Waals surface area contributed by atoms with Crippen molar-refractivity contribution in [3.63, 3.8) is 0 Å². The molecule has 6 nitrogen and oxygen atoms in total. The van der Waals surface area contributed by atoms with Crippen LogP contribution >= 0.6 is 33.9 Å². The second-order valence-electron chi connectivity index (χ2n) is 5.44. The quantitative estimate of drug-likeness (QED) is 0.410. The van der Waals surface area contributed by atoms with E-state index in [9.17, 15) is 18.0 Å². The molecule has 2 aromatic rings. The van der Waals surface area contributed by atoms with Crippen LogP contribution in [-0.4, -0.2) is 42.4 Å². The van der Waals surface area contributed by atoms with Crippen LogP contribution in [0.2, 0.25) is 0 Å². The van der Waals surface area contributed by atoms with Crippen LogP contribution < -0.4 is 5.32 Å². The summed E-state index contributed by atoms with van der Waals surface area (Å²) in [5.41, 5.74) is 0.320. The zero-order valence-corrected chi connectivity index (χ0v) is 15.9. The molecule has 2 aromatic heterocycles. The number of anilines is 1. The topological polar surface area (TPSA) is 71.0 Å². The molecule has 0 unspecified atom stereocenters. The molecule has 1 aliphatic rings. The lowest BCUT2D eigenvalue weighted by Gasteiger charge is -2.38. The molecule has 1 aliphatic heterocycles. The summed E-state index contributed by atoms with van der Waals surface area (Å²) in [5.74, 6) is 0.335. The fraction of sp³-hybridized carbons (Fsp3) is 0.429. The van der Waals surface area contributed by atoms with Gasteiger partial charge in [0.1, 0.15) is 18.2 Å². The van der Waals surface area contributed by atoms with Gasteiger partial charge in [0.05, 0.1) is 14.6 Å². The number of nitrogens with one attached hydrogen (secondary N) is 1. The van der Waals surface area contributed by atoms with Crippen molar-refractivity contribution < 1.29 is 18.0 Å². The molecule has 3 rings (SSSR count). The highest BCUT2D eigenvalue weighted by Crippen LogP contribution is 2.36. The van der Waals surface area contributed by atoms with E-state index in [1.165, 1.54) is 12.4 Å². The van der Waals surface area contributed by atoms with Crippen LogP contribution in [-0.2, 0) is 11.0 Å². The van der Waals surface area contributed by atoms with E-state index >= 15 is 0 Å². The van der Waals surface area contributed by atoms with Gasteiger partial charge >= 0.3 is 6.18 Å². The van der Waals surface area contributed by atoms with E-state index in [-0.39, 0.29) is 14.8 Å². The van der Waals surface area contributed by atoms with E-state index in [1.807, 2.05) is 0 Å². The molecule has 0 aromatic carbocycles. The van der Waals surface area contributed by atoms with E-state index < -0.39 is 17.2 Å². The minimum absolute atomic E-state index is 0.0389. The third kappa shape index (κ3) is 4.02. The maximum absolute atomic E-state index is 12.7. The van der Waals surface area contributed by atoms with Gasteiger partial charge in [-0.15, -0.1) is 11.3 Å². The molecule has 0 spiro atoms. The van der Waals surface area contributed by atoms with Crippen molar-refractivity contribution in [1.82, 2.24) is 19.9 Å². The molecule has 134 valence electrons. The van der Waals surface area contributed by atoms with E-state index in [1.54, 1.807) is 11.8 Å². The van der Waals surface area contributed by atoms with Gasteiger partial charge < -0.3 is 10.2 Å². The molecule has 1 fully saturated rings. The van der Waals surface area contributed by atoms with E-state index in [4.69, 9.17) is 0 Å². The van der Waals surface area contributed by atoms with Crippen molar-refractivity contribution in [2.75, 3.05) is 11.9 Å². The van der Waals surface area contributed by atoms with E-state index in [0.717, 1.165) is 19.2 Å². The van der Waals surface area contributed by atoms with Crippen LogP contribution in [0.3, 0.4) is 0 Å². The van der Waals surface area contributed by atoms with Crippen molar-refractivity contribution in [2.24, 2.45) is 0 Å². The minimum Gasteiger partial charge on any atom is -0.359 e. The SMILES string of the molecule is C[C@@H](Nc1cc(-c2cnc(C(F)(F)F)s2)ncn1)C(=O)N1CC[C@@H]1I. The Morgan fingerprint density at radius 1 is 1.44 bits per heavy atom. The number of halogens is 4. The van der Waals surface area contributed by atoms with Gasteiger partial charge in [0, 0.05) is 18.8 Å². The summed E-state index contributed by atoms with van der Waals surface area (Å²) in [6.45, 7) is 2.45. The molecule has 0 aliphatic carbocycles. The van der Waals surface area contributed by atoms with E-state index in [0.29, 0.717) is 22.8 Å². The molecule has 3 heterocycles. The largest absolute Gasteiger partial charge is 0.443 e. The Morgan fingerprint density at radius 2 is 2.20 bits per heavy atom. The third-order valence-electron chi connectivity index (χ3n) is 3.63. The second-order valence-corrected chi connectivity index (χ2v) is 7.91. The first kappa shape index (κ1) is 18.3. The molecule has 0 radical (unpaired) electrons. The molecular formula is C14H13F3IN5OS. The summed E-state index contributed by atoms with van der Waals surface area (Å²) in [5, 5.41) is 2.05. The van der Waals surface area contributed by atoms with Gasteiger partial charge in [-0.3, -0.25) is 4.79 Å². The van der Waals surface area contributed by atoms with Crippen LogP contribution in [0.25, 0.3) is 10.6 Å². The zero-order valence-electron chi connectivity index (χ0n) is 12.9.